The quantitative estimate of drug-likeness (QED) is 0.777. The molecular weight excluding hydrogens is 168 g/mol. The number of hydrogen-bond acceptors (Lipinski definition) is 3. The zero-order valence-corrected chi connectivity index (χ0v) is 8.32. The fourth-order valence-electron chi connectivity index (χ4n) is 1.46. The third-order valence-corrected chi connectivity index (χ3v) is 3.22. The largest absolute Gasteiger partial charge is 0.358 e. The third kappa shape index (κ3) is 1.61. The summed E-state index contributed by atoms with van der Waals surface area (Å²) in [6.45, 7) is 4.34. The molecule has 0 radical (unpaired) electrons. The maximum atomic E-state index is 4.27. The van der Waals surface area contributed by atoms with Crippen molar-refractivity contribution in [2.45, 2.75) is 32.7 Å². The normalized spacial score (nSPS) is 27.2. The molecule has 0 aliphatic heterocycles. The van der Waals surface area contributed by atoms with E-state index in [1.807, 2.05) is 6.20 Å². The van der Waals surface area contributed by atoms with Crippen molar-refractivity contribution < 1.29 is 0 Å². The van der Waals surface area contributed by atoms with Crippen LogP contribution in [0.2, 0.25) is 0 Å². The Hall–Kier alpha value is -0.570. The molecule has 2 nitrogen and oxygen atoms in total. The van der Waals surface area contributed by atoms with Gasteiger partial charge in [0.2, 0.25) is 0 Å². The molecule has 1 aliphatic carbocycles. The van der Waals surface area contributed by atoms with E-state index in [0.717, 1.165) is 11.0 Å². The van der Waals surface area contributed by atoms with Crippen LogP contribution in [0.15, 0.2) is 6.20 Å². The second-order valence-corrected chi connectivity index (χ2v) is 4.67. The van der Waals surface area contributed by atoms with Crippen LogP contribution in [0.3, 0.4) is 0 Å². The molecule has 2 rings (SSSR count). The van der Waals surface area contributed by atoms with Gasteiger partial charge in [-0.05, 0) is 19.3 Å². The number of nitrogens with zero attached hydrogens (tertiary/aromatic N) is 1. The Kier molecular flexibility index (Phi) is 2.05. The van der Waals surface area contributed by atoms with Crippen LogP contribution >= 0.6 is 11.3 Å². The highest BCUT2D eigenvalue weighted by atomic mass is 32.1. The first-order valence-corrected chi connectivity index (χ1v) is 5.30. The topological polar surface area (TPSA) is 24.9 Å². The molecule has 0 spiro atoms. The van der Waals surface area contributed by atoms with Crippen LogP contribution in [0.25, 0.3) is 0 Å². The van der Waals surface area contributed by atoms with Gasteiger partial charge in [0.15, 0.2) is 5.13 Å². The SMILES string of the molecule is CCC1CC1Nc1ncc(C)s1. The second-order valence-electron chi connectivity index (χ2n) is 3.43. The molecule has 0 saturated heterocycles. The van der Waals surface area contributed by atoms with E-state index in [4.69, 9.17) is 0 Å². The highest BCUT2D eigenvalue weighted by molar-refractivity contribution is 7.15. The summed E-state index contributed by atoms with van der Waals surface area (Å²) in [5.74, 6) is 0.897. The lowest BCUT2D eigenvalue weighted by molar-refractivity contribution is 0.774. The smallest absolute Gasteiger partial charge is 0.183 e. The lowest BCUT2D eigenvalue weighted by atomic mass is 10.3. The number of thiazole rings is 1. The summed E-state index contributed by atoms with van der Waals surface area (Å²) in [6, 6.07) is 0.709. The Morgan fingerprint density at radius 2 is 2.58 bits per heavy atom. The number of aryl methyl sites for hydroxylation is 1. The van der Waals surface area contributed by atoms with Crippen LogP contribution in [-0.2, 0) is 0 Å². The van der Waals surface area contributed by atoms with Gasteiger partial charge in [0.05, 0.1) is 0 Å². The van der Waals surface area contributed by atoms with E-state index in [1.165, 1.54) is 17.7 Å². The first kappa shape index (κ1) is 8.05. The second kappa shape index (κ2) is 3.05. The first-order valence-electron chi connectivity index (χ1n) is 4.48. The zero-order valence-electron chi connectivity index (χ0n) is 7.50. The highest BCUT2D eigenvalue weighted by Crippen LogP contribution is 2.36. The van der Waals surface area contributed by atoms with E-state index in [0.29, 0.717) is 6.04 Å². The van der Waals surface area contributed by atoms with E-state index >= 15 is 0 Å². The molecule has 66 valence electrons. The van der Waals surface area contributed by atoms with E-state index < -0.39 is 0 Å². The van der Waals surface area contributed by atoms with Crippen molar-refractivity contribution in [3.63, 3.8) is 0 Å². The van der Waals surface area contributed by atoms with Crippen LogP contribution in [0.5, 0.6) is 0 Å². The van der Waals surface area contributed by atoms with Gasteiger partial charge in [0.25, 0.3) is 0 Å². The molecule has 0 bridgehead atoms. The van der Waals surface area contributed by atoms with Gasteiger partial charge >= 0.3 is 0 Å². The van der Waals surface area contributed by atoms with Crippen LogP contribution in [0.4, 0.5) is 5.13 Å². The monoisotopic (exact) mass is 182 g/mol. The number of rotatable bonds is 3. The van der Waals surface area contributed by atoms with Gasteiger partial charge in [-0.15, -0.1) is 11.3 Å². The maximum absolute atomic E-state index is 4.27. The lowest BCUT2D eigenvalue weighted by Gasteiger charge is -1.98. The minimum atomic E-state index is 0.709. The minimum absolute atomic E-state index is 0.709. The lowest BCUT2D eigenvalue weighted by Crippen LogP contribution is -2.03. The Morgan fingerprint density at radius 3 is 3.08 bits per heavy atom. The molecule has 3 heteroatoms. The van der Waals surface area contributed by atoms with Crippen molar-refractivity contribution in [3.8, 4) is 0 Å². The summed E-state index contributed by atoms with van der Waals surface area (Å²) in [5, 5.41) is 4.54. The molecular formula is C9H14N2S. The summed E-state index contributed by atoms with van der Waals surface area (Å²) >= 11 is 1.75. The molecule has 1 aromatic heterocycles. The minimum Gasteiger partial charge on any atom is -0.358 e. The van der Waals surface area contributed by atoms with Crippen molar-refractivity contribution >= 4 is 16.5 Å². The Balaban J connectivity index is 1.89. The van der Waals surface area contributed by atoms with Gasteiger partial charge in [-0.1, -0.05) is 13.3 Å². The number of hydrogen-bond donors (Lipinski definition) is 1. The Morgan fingerprint density at radius 1 is 1.75 bits per heavy atom. The van der Waals surface area contributed by atoms with Gasteiger partial charge < -0.3 is 5.32 Å². The van der Waals surface area contributed by atoms with Gasteiger partial charge in [-0.2, -0.15) is 0 Å². The van der Waals surface area contributed by atoms with Crippen LogP contribution in [0.1, 0.15) is 24.6 Å². The molecule has 2 unspecified atom stereocenters. The van der Waals surface area contributed by atoms with Crippen LogP contribution in [-0.4, -0.2) is 11.0 Å². The fraction of sp³-hybridized carbons (Fsp3) is 0.667. The van der Waals surface area contributed by atoms with Crippen molar-refractivity contribution in [2.75, 3.05) is 5.32 Å². The molecule has 12 heavy (non-hydrogen) atoms. The van der Waals surface area contributed by atoms with Crippen LogP contribution < -0.4 is 5.32 Å². The van der Waals surface area contributed by atoms with E-state index in [9.17, 15) is 0 Å². The predicted molar refractivity (Wildman–Crippen MR) is 52.7 cm³/mol. The summed E-state index contributed by atoms with van der Waals surface area (Å²) in [4.78, 5) is 5.56. The number of nitrogens with one attached hydrogen (secondary N) is 1. The molecule has 0 amide bonds. The average molecular weight is 182 g/mol. The molecule has 1 aliphatic rings. The van der Waals surface area contributed by atoms with E-state index in [1.54, 1.807) is 11.3 Å². The van der Waals surface area contributed by atoms with Gasteiger partial charge in [-0.3, -0.25) is 0 Å². The van der Waals surface area contributed by atoms with Crippen molar-refractivity contribution in [1.82, 2.24) is 4.98 Å². The molecule has 1 fully saturated rings. The average Bonchev–Trinajstić information content (AvgIpc) is 2.67. The van der Waals surface area contributed by atoms with Gasteiger partial charge in [-0.25, -0.2) is 4.98 Å². The zero-order chi connectivity index (χ0) is 8.55. The molecule has 0 aromatic carbocycles. The number of anilines is 1. The van der Waals surface area contributed by atoms with Crippen molar-refractivity contribution in [2.24, 2.45) is 5.92 Å². The third-order valence-electron chi connectivity index (χ3n) is 2.38. The molecule has 1 aromatic rings. The summed E-state index contributed by atoms with van der Waals surface area (Å²) in [7, 11) is 0. The molecule has 1 N–H and O–H groups in total. The summed E-state index contributed by atoms with van der Waals surface area (Å²) < 4.78 is 0. The fourth-order valence-corrected chi connectivity index (χ4v) is 2.18. The summed E-state index contributed by atoms with van der Waals surface area (Å²) in [5.41, 5.74) is 0. The summed E-state index contributed by atoms with van der Waals surface area (Å²) in [6.07, 6.45) is 4.55. The van der Waals surface area contributed by atoms with Gasteiger partial charge in [0.1, 0.15) is 0 Å². The Labute approximate surface area is 77.0 Å². The number of aromatic nitrogens is 1. The van der Waals surface area contributed by atoms with Crippen LogP contribution in [0, 0.1) is 12.8 Å². The highest BCUT2D eigenvalue weighted by Gasteiger charge is 2.35. The molecule has 1 heterocycles. The van der Waals surface area contributed by atoms with E-state index in [-0.39, 0.29) is 0 Å². The van der Waals surface area contributed by atoms with Crippen molar-refractivity contribution in [3.05, 3.63) is 11.1 Å². The molecule has 2 atom stereocenters. The first-order chi connectivity index (χ1) is 5.79. The molecule has 1 saturated carbocycles. The standard InChI is InChI=1S/C9H14N2S/c1-3-7-4-8(7)11-9-10-5-6(2)12-9/h5,7-8H,3-4H2,1-2H3,(H,10,11). The predicted octanol–water partition coefficient (Wildman–Crippen LogP) is 2.66. The van der Waals surface area contributed by atoms with Crippen molar-refractivity contribution in [1.29, 1.82) is 0 Å². The maximum Gasteiger partial charge on any atom is 0.183 e. The van der Waals surface area contributed by atoms with E-state index in [2.05, 4.69) is 24.1 Å². The Bertz CT molecular complexity index is 269. The van der Waals surface area contributed by atoms with Gasteiger partial charge in [0, 0.05) is 17.1 Å².